The summed E-state index contributed by atoms with van der Waals surface area (Å²) in [5.74, 6) is -0.414. The average molecular weight is 586 g/mol. The van der Waals surface area contributed by atoms with E-state index in [0.717, 1.165) is 37.8 Å². The minimum absolute atomic E-state index is 0.217. The monoisotopic (exact) mass is 584 g/mol. The lowest BCUT2D eigenvalue weighted by atomic mass is 10.1. The first-order chi connectivity index (χ1) is 17.2. The largest absolute Gasteiger partial charge is 0.488 e. The van der Waals surface area contributed by atoms with Crippen LogP contribution in [0.4, 0.5) is 10.5 Å². The van der Waals surface area contributed by atoms with Gasteiger partial charge in [0.15, 0.2) is 0 Å². The molecule has 1 aliphatic heterocycles. The van der Waals surface area contributed by atoms with Crippen molar-refractivity contribution in [2.45, 2.75) is 20.5 Å². The average Bonchev–Trinajstić information content (AvgIpc) is 3.09. The van der Waals surface area contributed by atoms with E-state index in [4.69, 9.17) is 16.3 Å². The van der Waals surface area contributed by atoms with E-state index >= 15 is 0 Å². The normalized spacial score (nSPS) is 14.4. The maximum absolute atomic E-state index is 13.0. The lowest BCUT2D eigenvalue weighted by Gasteiger charge is -2.15. The Morgan fingerprint density at radius 3 is 2.47 bits per heavy atom. The predicted octanol–water partition coefficient (Wildman–Crippen LogP) is 6.97. The molecule has 3 aromatic carbocycles. The van der Waals surface area contributed by atoms with E-state index in [0.29, 0.717) is 28.6 Å². The summed E-state index contributed by atoms with van der Waals surface area (Å²) >= 11 is 10.2. The molecule has 184 valence electrons. The van der Waals surface area contributed by atoms with Crippen LogP contribution in [0.2, 0.25) is 5.02 Å². The number of nitrogens with zero attached hydrogens (tertiary/aromatic N) is 1. The number of anilines is 1. The van der Waals surface area contributed by atoms with Gasteiger partial charge in [0.1, 0.15) is 18.9 Å². The van der Waals surface area contributed by atoms with Crippen LogP contribution in [0.15, 0.2) is 70.0 Å². The Bertz CT molecular complexity index is 1350. The molecule has 0 spiro atoms. The number of para-hydroxylation sites is 1. The molecule has 1 heterocycles. The molecule has 1 aliphatic rings. The molecule has 1 fully saturated rings. The van der Waals surface area contributed by atoms with Crippen LogP contribution in [-0.2, 0) is 16.2 Å². The molecule has 9 heteroatoms. The van der Waals surface area contributed by atoms with Crippen LogP contribution >= 0.6 is 39.3 Å². The van der Waals surface area contributed by atoms with Crippen LogP contribution in [0.3, 0.4) is 0 Å². The zero-order valence-electron chi connectivity index (χ0n) is 19.5. The fourth-order valence-corrected chi connectivity index (χ4v) is 4.95. The minimum atomic E-state index is -0.523. The van der Waals surface area contributed by atoms with Crippen LogP contribution in [0.25, 0.3) is 6.08 Å². The van der Waals surface area contributed by atoms with Crippen molar-refractivity contribution in [3.63, 3.8) is 0 Å². The highest BCUT2D eigenvalue weighted by molar-refractivity contribution is 9.10. The summed E-state index contributed by atoms with van der Waals surface area (Å²) in [5.41, 5.74) is 4.05. The summed E-state index contributed by atoms with van der Waals surface area (Å²) in [7, 11) is 0. The molecule has 0 radical (unpaired) electrons. The third kappa shape index (κ3) is 6.19. The third-order valence-electron chi connectivity index (χ3n) is 5.49. The smallest absolute Gasteiger partial charge is 0.294 e. The van der Waals surface area contributed by atoms with Crippen molar-refractivity contribution in [1.82, 2.24) is 4.90 Å². The van der Waals surface area contributed by atoms with Crippen molar-refractivity contribution < 1.29 is 19.1 Å². The van der Waals surface area contributed by atoms with Crippen molar-refractivity contribution >= 4 is 68.1 Å². The van der Waals surface area contributed by atoms with Gasteiger partial charge in [0, 0.05) is 20.7 Å². The maximum Gasteiger partial charge on any atom is 0.294 e. The molecule has 4 rings (SSSR count). The number of nitrogens with one attached hydrogen (secondary N) is 1. The Labute approximate surface area is 226 Å². The number of imide groups is 1. The number of thioether (sulfide) groups is 1. The van der Waals surface area contributed by atoms with Gasteiger partial charge in [-0.05, 0) is 78.7 Å². The summed E-state index contributed by atoms with van der Waals surface area (Å²) in [6, 6.07) is 18.4. The molecule has 6 nitrogen and oxygen atoms in total. The Balaban J connectivity index is 1.49. The highest BCUT2D eigenvalue weighted by Crippen LogP contribution is 2.35. The zero-order chi connectivity index (χ0) is 25.8. The first-order valence-electron chi connectivity index (χ1n) is 11.0. The van der Waals surface area contributed by atoms with Crippen LogP contribution < -0.4 is 10.1 Å². The number of rotatable bonds is 7. The second-order valence-corrected chi connectivity index (χ2v) is 10.5. The molecule has 0 bridgehead atoms. The van der Waals surface area contributed by atoms with Crippen LogP contribution in [-0.4, -0.2) is 28.5 Å². The summed E-state index contributed by atoms with van der Waals surface area (Å²) < 4.78 is 6.77. The number of hydrogen-bond acceptors (Lipinski definition) is 5. The molecule has 0 saturated carbocycles. The van der Waals surface area contributed by atoms with Crippen LogP contribution in [0.1, 0.15) is 22.3 Å². The number of amides is 3. The SMILES string of the molecule is Cc1cccc(C)c1NC(=O)CN1C(=O)S/C(=C/c2cc(Br)ccc2OCc2ccc(Cl)cc2)C1=O. The maximum atomic E-state index is 13.0. The number of aryl methyl sites for hydroxylation is 2. The molecule has 3 aromatic rings. The summed E-state index contributed by atoms with van der Waals surface area (Å²) in [4.78, 5) is 39.4. The van der Waals surface area contributed by atoms with Crippen LogP contribution in [0.5, 0.6) is 5.75 Å². The first kappa shape index (κ1) is 26.0. The number of halogens is 2. The van der Waals surface area contributed by atoms with Gasteiger partial charge in [-0.25, -0.2) is 0 Å². The number of carbonyl (C=O) groups excluding carboxylic acids is 3. The molecule has 0 atom stereocenters. The molecule has 0 unspecified atom stereocenters. The lowest BCUT2D eigenvalue weighted by Crippen LogP contribution is -2.36. The highest BCUT2D eigenvalue weighted by atomic mass is 79.9. The van der Waals surface area contributed by atoms with Gasteiger partial charge in [0.05, 0.1) is 4.91 Å². The summed E-state index contributed by atoms with van der Waals surface area (Å²) in [5, 5.41) is 2.96. The molecule has 3 amide bonds. The first-order valence-corrected chi connectivity index (χ1v) is 13.0. The second-order valence-electron chi connectivity index (χ2n) is 8.18. The quantitative estimate of drug-likeness (QED) is 0.303. The van der Waals surface area contributed by atoms with E-state index in [-0.39, 0.29) is 11.4 Å². The highest BCUT2D eigenvalue weighted by Gasteiger charge is 2.36. The van der Waals surface area contributed by atoms with Gasteiger partial charge in [0.2, 0.25) is 5.91 Å². The van der Waals surface area contributed by atoms with E-state index in [1.54, 1.807) is 30.3 Å². The van der Waals surface area contributed by atoms with Crippen molar-refractivity contribution in [3.8, 4) is 5.75 Å². The van der Waals surface area contributed by atoms with E-state index < -0.39 is 17.1 Å². The fraction of sp³-hybridized carbons (Fsp3) is 0.148. The molecule has 0 aromatic heterocycles. The van der Waals surface area contributed by atoms with Gasteiger partial charge < -0.3 is 10.1 Å². The summed E-state index contributed by atoms with van der Waals surface area (Å²) in [6.07, 6.45) is 1.61. The van der Waals surface area contributed by atoms with Gasteiger partial charge in [-0.3, -0.25) is 19.3 Å². The van der Waals surface area contributed by atoms with Gasteiger partial charge in [-0.15, -0.1) is 0 Å². The number of benzene rings is 3. The minimum Gasteiger partial charge on any atom is -0.488 e. The van der Waals surface area contributed by atoms with Crippen molar-refractivity contribution in [2.75, 3.05) is 11.9 Å². The molecule has 1 saturated heterocycles. The third-order valence-corrected chi connectivity index (χ3v) is 7.14. The van der Waals surface area contributed by atoms with Crippen LogP contribution in [0, 0.1) is 13.8 Å². The fourth-order valence-electron chi connectivity index (χ4n) is 3.62. The number of hydrogen-bond donors (Lipinski definition) is 1. The predicted molar refractivity (Wildman–Crippen MR) is 147 cm³/mol. The van der Waals surface area contributed by atoms with Gasteiger partial charge in [0.25, 0.3) is 11.1 Å². The lowest BCUT2D eigenvalue weighted by molar-refractivity contribution is -0.127. The van der Waals surface area contributed by atoms with E-state index in [1.807, 2.05) is 50.2 Å². The van der Waals surface area contributed by atoms with E-state index in [9.17, 15) is 14.4 Å². The standard InChI is InChI=1S/C27H22BrClN2O4S/c1-16-4-3-5-17(2)25(16)30-24(32)14-31-26(33)23(36-27(31)34)13-19-12-20(28)8-11-22(19)35-15-18-6-9-21(29)10-7-18/h3-13H,14-15H2,1-2H3,(H,30,32)/b23-13+. The zero-order valence-corrected chi connectivity index (χ0v) is 22.7. The van der Waals surface area contributed by atoms with Gasteiger partial charge >= 0.3 is 0 Å². The topological polar surface area (TPSA) is 75.7 Å². The van der Waals surface area contributed by atoms with E-state index in [2.05, 4.69) is 21.2 Å². The van der Waals surface area contributed by atoms with Crippen molar-refractivity contribution in [2.24, 2.45) is 0 Å². The van der Waals surface area contributed by atoms with Gasteiger partial charge in [-0.1, -0.05) is 57.9 Å². The van der Waals surface area contributed by atoms with Crippen molar-refractivity contribution in [3.05, 3.63) is 97.3 Å². The molecule has 36 heavy (non-hydrogen) atoms. The van der Waals surface area contributed by atoms with Gasteiger partial charge in [-0.2, -0.15) is 0 Å². The van der Waals surface area contributed by atoms with E-state index in [1.165, 1.54) is 0 Å². The Hall–Kier alpha value is -3.07. The van der Waals surface area contributed by atoms with Crippen molar-refractivity contribution in [1.29, 1.82) is 0 Å². The Morgan fingerprint density at radius 2 is 1.78 bits per heavy atom. The second kappa shape index (κ2) is 11.3. The molecule has 0 aliphatic carbocycles. The Kier molecular flexibility index (Phi) is 8.18. The Morgan fingerprint density at radius 1 is 1.08 bits per heavy atom. The molecule has 1 N–H and O–H groups in total. The summed E-state index contributed by atoms with van der Waals surface area (Å²) in [6.45, 7) is 3.71. The molecular weight excluding hydrogens is 564 g/mol. The number of carbonyl (C=O) groups is 3. The molecular formula is C27H22BrClN2O4S. The number of ether oxygens (including phenoxy) is 1.